The fourth-order valence-corrected chi connectivity index (χ4v) is 7.19. The van der Waals surface area contributed by atoms with Crippen molar-refractivity contribution in [2.24, 2.45) is 17.0 Å². The molecule has 2 heterocycles. The van der Waals surface area contributed by atoms with E-state index in [4.69, 9.17) is 9.99 Å². The van der Waals surface area contributed by atoms with Crippen LogP contribution in [0.15, 0.2) is 102 Å². The zero-order valence-electron chi connectivity index (χ0n) is 24.1. The van der Waals surface area contributed by atoms with Gasteiger partial charge in [0, 0.05) is 36.0 Å². The van der Waals surface area contributed by atoms with Gasteiger partial charge >= 0.3 is 0 Å². The Balaban J connectivity index is 1.63. The SMILES string of the molecule is CON=C1C2C(c3ccccc3C)NC(c3ccccc3C)C1C(c1ccccc1C)NC2c1ccccc1C. The molecular formula is C36H39N3O. The molecule has 204 valence electrons. The van der Waals surface area contributed by atoms with E-state index in [-0.39, 0.29) is 36.0 Å². The highest BCUT2D eigenvalue weighted by Gasteiger charge is 2.55. The van der Waals surface area contributed by atoms with Crippen LogP contribution in [0.1, 0.15) is 68.7 Å². The van der Waals surface area contributed by atoms with Crippen LogP contribution >= 0.6 is 0 Å². The molecule has 6 rings (SSSR count). The number of oxime groups is 1. The zero-order valence-corrected chi connectivity index (χ0v) is 24.1. The lowest BCUT2D eigenvalue weighted by Gasteiger charge is -2.54. The summed E-state index contributed by atoms with van der Waals surface area (Å²) in [6.45, 7) is 8.87. The minimum absolute atomic E-state index is 0.0471. The van der Waals surface area contributed by atoms with Crippen molar-refractivity contribution in [2.75, 3.05) is 7.11 Å². The Hall–Kier alpha value is -3.73. The number of piperidine rings is 2. The predicted octanol–water partition coefficient (Wildman–Crippen LogP) is 7.63. The Kier molecular flexibility index (Phi) is 7.31. The van der Waals surface area contributed by atoms with Crippen LogP contribution < -0.4 is 10.6 Å². The van der Waals surface area contributed by atoms with Gasteiger partial charge in [-0.15, -0.1) is 0 Å². The van der Waals surface area contributed by atoms with E-state index >= 15 is 0 Å². The van der Waals surface area contributed by atoms with Crippen molar-refractivity contribution in [1.82, 2.24) is 10.6 Å². The number of hydrogen-bond acceptors (Lipinski definition) is 4. The minimum Gasteiger partial charge on any atom is -0.399 e. The van der Waals surface area contributed by atoms with E-state index in [0.29, 0.717) is 0 Å². The first-order valence-corrected chi connectivity index (χ1v) is 14.3. The topological polar surface area (TPSA) is 45.6 Å². The first-order valence-electron chi connectivity index (χ1n) is 14.3. The summed E-state index contributed by atoms with van der Waals surface area (Å²) in [6, 6.07) is 35.3. The zero-order chi connectivity index (χ0) is 27.8. The molecule has 2 bridgehead atoms. The van der Waals surface area contributed by atoms with E-state index in [0.717, 1.165) is 5.71 Å². The maximum atomic E-state index is 5.71. The van der Waals surface area contributed by atoms with Crippen molar-refractivity contribution in [3.05, 3.63) is 142 Å². The van der Waals surface area contributed by atoms with Crippen LogP contribution in [0.5, 0.6) is 0 Å². The summed E-state index contributed by atoms with van der Waals surface area (Å²) < 4.78 is 0. The number of hydrogen-bond donors (Lipinski definition) is 2. The Bertz CT molecular complexity index is 1330. The second-order valence-electron chi connectivity index (χ2n) is 11.4. The van der Waals surface area contributed by atoms with Crippen molar-refractivity contribution < 1.29 is 4.84 Å². The molecule has 0 aromatic heterocycles. The summed E-state index contributed by atoms with van der Waals surface area (Å²) in [4.78, 5) is 5.71. The largest absolute Gasteiger partial charge is 0.399 e. The number of nitrogens with one attached hydrogen (secondary N) is 2. The van der Waals surface area contributed by atoms with E-state index in [2.05, 4.69) is 135 Å². The van der Waals surface area contributed by atoms with Gasteiger partial charge in [-0.1, -0.05) is 102 Å². The lowest BCUT2D eigenvalue weighted by Crippen LogP contribution is -2.60. The Morgan fingerprint density at radius 2 is 0.750 bits per heavy atom. The third kappa shape index (κ3) is 4.55. The average Bonchev–Trinajstić information content (AvgIpc) is 2.95. The molecule has 4 unspecified atom stereocenters. The smallest absolute Gasteiger partial charge is 0.106 e. The van der Waals surface area contributed by atoms with Crippen LogP contribution in [-0.2, 0) is 4.84 Å². The van der Waals surface area contributed by atoms with Crippen LogP contribution in [0.25, 0.3) is 0 Å². The molecule has 2 aliphatic heterocycles. The van der Waals surface area contributed by atoms with Gasteiger partial charge in [-0.3, -0.25) is 0 Å². The van der Waals surface area contributed by atoms with Crippen molar-refractivity contribution in [3.63, 3.8) is 0 Å². The highest BCUT2D eigenvalue weighted by atomic mass is 16.6. The van der Waals surface area contributed by atoms with Gasteiger partial charge in [0.2, 0.25) is 0 Å². The molecule has 2 fully saturated rings. The quantitative estimate of drug-likeness (QED) is 0.261. The predicted molar refractivity (Wildman–Crippen MR) is 163 cm³/mol. The third-order valence-electron chi connectivity index (χ3n) is 9.13. The van der Waals surface area contributed by atoms with Gasteiger partial charge in [-0.05, 0) is 72.2 Å². The van der Waals surface area contributed by atoms with E-state index in [1.54, 1.807) is 7.11 Å². The summed E-state index contributed by atoms with van der Waals surface area (Å²) in [5.74, 6) is 0.125. The normalized spacial score (nSPS) is 25.9. The molecule has 2 saturated heterocycles. The molecule has 2 N–H and O–H groups in total. The molecule has 40 heavy (non-hydrogen) atoms. The lowest BCUT2D eigenvalue weighted by molar-refractivity contribution is 0.137. The second-order valence-corrected chi connectivity index (χ2v) is 11.4. The summed E-state index contributed by atoms with van der Waals surface area (Å²) in [5, 5.41) is 13.4. The van der Waals surface area contributed by atoms with Crippen molar-refractivity contribution in [3.8, 4) is 0 Å². The second kappa shape index (κ2) is 11.0. The highest BCUT2D eigenvalue weighted by Crippen LogP contribution is 2.53. The van der Waals surface area contributed by atoms with E-state index in [1.807, 2.05) is 0 Å². The monoisotopic (exact) mass is 529 g/mol. The van der Waals surface area contributed by atoms with Gasteiger partial charge in [0.1, 0.15) is 7.11 Å². The van der Waals surface area contributed by atoms with Gasteiger partial charge < -0.3 is 15.5 Å². The van der Waals surface area contributed by atoms with Crippen molar-refractivity contribution in [2.45, 2.75) is 51.9 Å². The van der Waals surface area contributed by atoms with Gasteiger partial charge in [0.15, 0.2) is 0 Å². The first-order chi connectivity index (χ1) is 19.5. The molecule has 4 nitrogen and oxygen atoms in total. The van der Waals surface area contributed by atoms with Crippen LogP contribution in [-0.4, -0.2) is 12.8 Å². The van der Waals surface area contributed by atoms with Crippen molar-refractivity contribution >= 4 is 5.71 Å². The molecule has 0 aliphatic carbocycles. The molecule has 4 aromatic rings. The van der Waals surface area contributed by atoms with Crippen molar-refractivity contribution in [1.29, 1.82) is 0 Å². The Morgan fingerprint density at radius 1 is 0.475 bits per heavy atom. The number of fused-ring (bicyclic) bond motifs is 2. The minimum atomic E-state index is 0.0471. The van der Waals surface area contributed by atoms with Crippen LogP contribution in [0, 0.1) is 39.5 Å². The highest BCUT2D eigenvalue weighted by molar-refractivity contribution is 5.93. The molecule has 0 saturated carbocycles. The molecule has 0 spiro atoms. The van der Waals surface area contributed by atoms with Crippen LogP contribution in [0.3, 0.4) is 0 Å². The summed E-state index contributed by atoms with van der Waals surface area (Å²) >= 11 is 0. The number of rotatable bonds is 5. The van der Waals surface area contributed by atoms with Crippen LogP contribution in [0.2, 0.25) is 0 Å². The fraction of sp³-hybridized carbons (Fsp3) is 0.306. The molecule has 0 amide bonds. The number of nitrogens with zero attached hydrogens (tertiary/aromatic N) is 1. The maximum Gasteiger partial charge on any atom is 0.106 e. The van der Waals surface area contributed by atoms with E-state index < -0.39 is 0 Å². The standard InChI is InChI=1S/C36H39N3O/c1-22-14-6-10-18-26(22)32-30-33(27-19-11-7-15-23(27)2)38-35(29-21-13-9-17-25(29)4)31(36(30)39-40-5)34(37-32)28-20-12-8-16-24(28)3/h6-21,30-35,37-38H,1-5H3. The molecule has 4 heteroatoms. The molecular weight excluding hydrogens is 490 g/mol. The molecule has 4 atom stereocenters. The Labute approximate surface area is 238 Å². The first kappa shape index (κ1) is 26.5. The summed E-state index contributed by atoms with van der Waals surface area (Å²) in [7, 11) is 1.69. The average molecular weight is 530 g/mol. The van der Waals surface area contributed by atoms with E-state index in [1.165, 1.54) is 44.5 Å². The van der Waals surface area contributed by atoms with Crippen LogP contribution in [0.4, 0.5) is 0 Å². The fourth-order valence-electron chi connectivity index (χ4n) is 7.19. The number of aryl methyl sites for hydroxylation is 4. The third-order valence-corrected chi connectivity index (χ3v) is 9.13. The van der Waals surface area contributed by atoms with Gasteiger partial charge in [-0.25, -0.2) is 0 Å². The van der Waals surface area contributed by atoms with Gasteiger partial charge in [0.25, 0.3) is 0 Å². The van der Waals surface area contributed by atoms with E-state index in [9.17, 15) is 0 Å². The molecule has 2 aliphatic rings. The molecule has 0 radical (unpaired) electrons. The van der Waals surface area contributed by atoms with Gasteiger partial charge in [0.05, 0.1) is 5.71 Å². The maximum absolute atomic E-state index is 5.71. The molecule has 4 aromatic carbocycles. The summed E-state index contributed by atoms with van der Waals surface area (Å²) in [5.41, 5.74) is 11.5. The summed E-state index contributed by atoms with van der Waals surface area (Å²) in [6.07, 6.45) is 0. The lowest BCUT2D eigenvalue weighted by atomic mass is 9.62. The van der Waals surface area contributed by atoms with Gasteiger partial charge in [-0.2, -0.15) is 0 Å². The Morgan fingerprint density at radius 3 is 1.00 bits per heavy atom. The number of benzene rings is 4.